The number of aromatic nitrogens is 1. The van der Waals surface area contributed by atoms with Crippen LogP contribution < -0.4 is 0 Å². The van der Waals surface area contributed by atoms with E-state index in [1.165, 1.54) is 0 Å². The van der Waals surface area contributed by atoms with Crippen LogP contribution in [0, 0.1) is 0 Å². The Morgan fingerprint density at radius 1 is 1.36 bits per heavy atom. The smallest absolute Gasteiger partial charge is 0.125 e. The highest BCUT2D eigenvalue weighted by molar-refractivity contribution is 6.31. The molecule has 3 heteroatoms. The fraction of sp³-hybridized carbons (Fsp3) is 0.0909. The van der Waals surface area contributed by atoms with E-state index in [0.29, 0.717) is 11.4 Å². The zero-order valence-corrected chi connectivity index (χ0v) is 8.16. The lowest BCUT2D eigenvalue weighted by molar-refractivity contribution is -0.107. The van der Waals surface area contributed by atoms with Gasteiger partial charge in [0, 0.05) is 23.0 Å². The number of aldehydes is 1. The van der Waals surface area contributed by atoms with Crippen LogP contribution in [0.5, 0.6) is 0 Å². The highest BCUT2D eigenvalue weighted by atomic mass is 35.5. The molecule has 0 saturated heterocycles. The molecule has 0 aliphatic heterocycles. The second kappa shape index (κ2) is 3.76. The second-order valence-corrected chi connectivity index (χ2v) is 3.43. The maximum absolute atomic E-state index is 10.4. The molecule has 0 fully saturated rings. The van der Waals surface area contributed by atoms with E-state index in [1.807, 2.05) is 18.2 Å². The lowest BCUT2D eigenvalue weighted by Crippen LogP contribution is -1.91. The number of carbonyl (C=O) groups excluding carboxylic acids is 1. The third-order valence-electron chi connectivity index (χ3n) is 2.09. The molecule has 0 N–H and O–H groups in total. The molecule has 2 aromatic rings. The number of fused-ring (bicyclic) bond motifs is 1. The molecule has 0 aliphatic rings. The van der Waals surface area contributed by atoms with Crippen molar-refractivity contribution < 1.29 is 4.79 Å². The Bertz CT molecular complexity index is 482. The van der Waals surface area contributed by atoms with Gasteiger partial charge in [-0.2, -0.15) is 0 Å². The highest BCUT2D eigenvalue weighted by Gasteiger charge is 2.01. The van der Waals surface area contributed by atoms with Gasteiger partial charge in [-0.1, -0.05) is 17.7 Å². The lowest BCUT2D eigenvalue weighted by Gasteiger charge is -2.02. The number of carbonyl (C=O) groups is 1. The van der Waals surface area contributed by atoms with Gasteiger partial charge in [-0.05, 0) is 23.6 Å². The molecule has 2 rings (SSSR count). The van der Waals surface area contributed by atoms with E-state index < -0.39 is 0 Å². The van der Waals surface area contributed by atoms with Crippen LogP contribution in [-0.4, -0.2) is 11.3 Å². The molecule has 1 aromatic carbocycles. The summed E-state index contributed by atoms with van der Waals surface area (Å²) in [6, 6.07) is 7.45. The van der Waals surface area contributed by atoms with Crippen LogP contribution in [-0.2, 0) is 11.2 Å². The standard InChI is InChI=1S/C11H8ClNO/c12-9-1-2-10-8(7-9)3-5-13-11(10)4-6-14/h1-3,5-7H,4H2. The van der Waals surface area contributed by atoms with E-state index in [0.717, 1.165) is 22.8 Å². The Hall–Kier alpha value is -1.41. The summed E-state index contributed by atoms with van der Waals surface area (Å²) in [5.74, 6) is 0. The van der Waals surface area contributed by atoms with Gasteiger partial charge in [0.05, 0.1) is 5.69 Å². The minimum atomic E-state index is 0.346. The van der Waals surface area contributed by atoms with E-state index in [9.17, 15) is 4.79 Å². The molecule has 0 amide bonds. The molecule has 0 bridgehead atoms. The first-order chi connectivity index (χ1) is 6.81. The van der Waals surface area contributed by atoms with Gasteiger partial charge in [0.25, 0.3) is 0 Å². The van der Waals surface area contributed by atoms with E-state index in [2.05, 4.69) is 4.98 Å². The summed E-state index contributed by atoms with van der Waals surface area (Å²) in [5, 5.41) is 2.70. The van der Waals surface area contributed by atoms with Gasteiger partial charge in [0.2, 0.25) is 0 Å². The molecule has 0 saturated carbocycles. The van der Waals surface area contributed by atoms with Crippen molar-refractivity contribution in [2.24, 2.45) is 0 Å². The normalized spacial score (nSPS) is 10.4. The maximum Gasteiger partial charge on any atom is 0.125 e. The molecule has 0 atom stereocenters. The quantitative estimate of drug-likeness (QED) is 0.706. The number of halogens is 1. The van der Waals surface area contributed by atoms with Crippen molar-refractivity contribution in [1.29, 1.82) is 0 Å². The first-order valence-corrected chi connectivity index (χ1v) is 4.66. The Kier molecular flexibility index (Phi) is 2.46. The van der Waals surface area contributed by atoms with Crippen LogP contribution in [0.4, 0.5) is 0 Å². The molecule has 2 nitrogen and oxygen atoms in total. The van der Waals surface area contributed by atoms with E-state index >= 15 is 0 Å². The molecule has 1 aromatic heterocycles. The van der Waals surface area contributed by atoms with Gasteiger partial charge in [-0.15, -0.1) is 0 Å². The average Bonchev–Trinajstić information content (AvgIpc) is 2.18. The average molecular weight is 206 g/mol. The van der Waals surface area contributed by atoms with E-state index in [-0.39, 0.29) is 0 Å². The fourth-order valence-corrected chi connectivity index (χ4v) is 1.63. The van der Waals surface area contributed by atoms with Crippen molar-refractivity contribution in [1.82, 2.24) is 4.98 Å². The first kappa shape index (κ1) is 9.16. The number of rotatable bonds is 2. The molecule has 1 heterocycles. The Labute approximate surface area is 86.5 Å². The topological polar surface area (TPSA) is 30.0 Å². The number of pyridine rings is 1. The Balaban J connectivity index is 2.68. The van der Waals surface area contributed by atoms with Gasteiger partial charge in [0.1, 0.15) is 6.29 Å². The van der Waals surface area contributed by atoms with Crippen molar-refractivity contribution in [3.8, 4) is 0 Å². The minimum absolute atomic E-state index is 0.346. The molecule has 14 heavy (non-hydrogen) atoms. The third kappa shape index (κ3) is 1.61. The minimum Gasteiger partial charge on any atom is -0.303 e. The summed E-state index contributed by atoms with van der Waals surface area (Å²) in [6.45, 7) is 0. The van der Waals surface area contributed by atoms with Crippen LogP contribution >= 0.6 is 11.6 Å². The first-order valence-electron chi connectivity index (χ1n) is 4.28. The molecular formula is C11H8ClNO. The maximum atomic E-state index is 10.4. The Morgan fingerprint density at radius 3 is 3.00 bits per heavy atom. The second-order valence-electron chi connectivity index (χ2n) is 2.99. The lowest BCUT2D eigenvalue weighted by atomic mass is 10.1. The van der Waals surface area contributed by atoms with Crippen LogP contribution in [0.1, 0.15) is 5.69 Å². The molecular weight excluding hydrogens is 198 g/mol. The summed E-state index contributed by atoms with van der Waals surface area (Å²) in [6.07, 6.45) is 2.90. The monoisotopic (exact) mass is 205 g/mol. The van der Waals surface area contributed by atoms with E-state index in [1.54, 1.807) is 12.3 Å². The summed E-state index contributed by atoms with van der Waals surface area (Å²) >= 11 is 5.86. The molecule has 70 valence electrons. The van der Waals surface area contributed by atoms with Gasteiger partial charge in [0.15, 0.2) is 0 Å². The fourth-order valence-electron chi connectivity index (χ4n) is 1.45. The highest BCUT2D eigenvalue weighted by Crippen LogP contribution is 2.20. The Morgan fingerprint density at radius 2 is 2.21 bits per heavy atom. The van der Waals surface area contributed by atoms with Crippen LogP contribution in [0.2, 0.25) is 5.02 Å². The molecule has 0 radical (unpaired) electrons. The predicted molar refractivity (Wildman–Crippen MR) is 56.5 cm³/mol. The SMILES string of the molecule is O=CCc1nccc2cc(Cl)ccc12. The summed E-state index contributed by atoms with van der Waals surface area (Å²) < 4.78 is 0. The van der Waals surface area contributed by atoms with Crippen molar-refractivity contribution in [2.75, 3.05) is 0 Å². The zero-order chi connectivity index (χ0) is 9.97. The number of hydrogen-bond donors (Lipinski definition) is 0. The third-order valence-corrected chi connectivity index (χ3v) is 2.32. The van der Waals surface area contributed by atoms with Gasteiger partial charge in [-0.3, -0.25) is 4.98 Å². The number of benzene rings is 1. The number of nitrogens with zero attached hydrogens (tertiary/aromatic N) is 1. The van der Waals surface area contributed by atoms with E-state index in [4.69, 9.17) is 11.6 Å². The molecule has 0 aliphatic carbocycles. The van der Waals surface area contributed by atoms with Gasteiger partial charge >= 0.3 is 0 Å². The number of hydrogen-bond acceptors (Lipinski definition) is 2. The predicted octanol–water partition coefficient (Wildman–Crippen LogP) is 2.63. The van der Waals surface area contributed by atoms with Gasteiger partial charge in [-0.25, -0.2) is 0 Å². The molecule has 0 unspecified atom stereocenters. The van der Waals surface area contributed by atoms with Crippen LogP contribution in [0.3, 0.4) is 0 Å². The molecule has 0 spiro atoms. The summed E-state index contributed by atoms with van der Waals surface area (Å²) in [4.78, 5) is 14.6. The summed E-state index contributed by atoms with van der Waals surface area (Å²) in [7, 11) is 0. The van der Waals surface area contributed by atoms with Crippen LogP contribution in [0.25, 0.3) is 10.8 Å². The largest absolute Gasteiger partial charge is 0.303 e. The van der Waals surface area contributed by atoms with Crippen molar-refractivity contribution in [3.05, 3.63) is 41.2 Å². The van der Waals surface area contributed by atoms with Gasteiger partial charge < -0.3 is 4.79 Å². The zero-order valence-electron chi connectivity index (χ0n) is 7.40. The van der Waals surface area contributed by atoms with Crippen molar-refractivity contribution in [3.63, 3.8) is 0 Å². The van der Waals surface area contributed by atoms with Crippen molar-refractivity contribution >= 4 is 28.7 Å². The summed E-state index contributed by atoms with van der Waals surface area (Å²) in [5.41, 5.74) is 0.800. The van der Waals surface area contributed by atoms with Crippen molar-refractivity contribution in [2.45, 2.75) is 6.42 Å². The van der Waals surface area contributed by atoms with Crippen LogP contribution in [0.15, 0.2) is 30.5 Å².